The molecule has 0 fully saturated rings. The van der Waals surface area contributed by atoms with Gasteiger partial charge < -0.3 is 15.2 Å². The molecule has 1 heterocycles. The van der Waals surface area contributed by atoms with Crippen molar-refractivity contribution in [2.75, 3.05) is 25.5 Å². The highest BCUT2D eigenvalue weighted by atomic mass is 15.3. The van der Waals surface area contributed by atoms with Gasteiger partial charge in [-0.25, -0.2) is 0 Å². The fourth-order valence-corrected chi connectivity index (χ4v) is 1.17. The second kappa shape index (κ2) is 4.81. The quantitative estimate of drug-likeness (QED) is 0.631. The van der Waals surface area contributed by atoms with E-state index < -0.39 is 0 Å². The Morgan fingerprint density at radius 1 is 1.38 bits per heavy atom. The summed E-state index contributed by atoms with van der Waals surface area (Å²) in [6.07, 6.45) is 0.916. The molecular formula is C8H17N5. The van der Waals surface area contributed by atoms with Crippen LogP contribution in [0.25, 0.3) is 0 Å². The van der Waals surface area contributed by atoms with Gasteiger partial charge in [-0.3, -0.25) is 0 Å². The van der Waals surface area contributed by atoms with E-state index in [9.17, 15) is 0 Å². The lowest BCUT2D eigenvalue weighted by Gasteiger charge is -2.02. The van der Waals surface area contributed by atoms with Crippen molar-refractivity contribution in [2.24, 2.45) is 7.05 Å². The van der Waals surface area contributed by atoms with Crippen LogP contribution in [0.1, 0.15) is 12.7 Å². The lowest BCUT2D eigenvalue weighted by Crippen LogP contribution is -2.17. The average molecular weight is 183 g/mol. The van der Waals surface area contributed by atoms with E-state index >= 15 is 0 Å². The predicted octanol–water partition coefficient (Wildman–Crippen LogP) is 0.00880. The molecule has 0 aliphatic heterocycles. The predicted molar refractivity (Wildman–Crippen MR) is 52.8 cm³/mol. The maximum absolute atomic E-state index is 4.07. The molecule has 0 unspecified atom stereocenters. The first kappa shape index (κ1) is 9.98. The summed E-state index contributed by atoms with van der Waals surface area (Å²) < 4.78 is 1.97. The van der Waals surface area contributed by atoms with Crippen LogP contribution in [0.3, 0.4) is 0 Å². The highest BCUT2D eigenvalue weighted by Gasteiger charge is 2.05. The third-order valence-corrected chi connectivity index (χ3v) is 1.96. The summed E-state index contributed by atoms with van der Waals surface area (Å²) in [5, 5.41) is 14.3. The van der Waals surface area contributed by atoms with Gasteiger partial charge in [-0.05, 0) is 6.54 Å². The van der Waals surface area contributed by atoms with Crippen molar-refractivity contribution >= 4 is 5.95 Å². The highest BCUT2D eigenvalue weighted by molar-refractivity contribution is 5.23. The van der Waals surface area contributed by atoms with Gasteiger partial charge in [-0.1, -0.05) is 6.92 Å². The van der Waals surface area contributed by atoms with Crippen LogP contribution in [0.5, 0.6) is 0 Å². The number of rotatable bonds is 5. The Bertz CT molecular complexity index is 255. The second-order valence-electron chi connectivity index (χ2n) is 2.85. The van der Waals surface area contributed by atoms with E-state index in [4.69, 9.17) is 0 Å². The number of nitrogens with zero attached hydrogens (tertiary/aromatic N) is 3. The first-order valence-corrected chi connectivity index (χ1v) is 4.56. The Hall–Kier alpha value is -1.10. The number of hydrogen-bond acceptors (Lipinski definition) is 4. The van der Waals surface area contributed by atoms with Gasteiger partial charge >= 0.3 is 0 Å². The van der Waals surface area contributed by atoms with Crippen molar-refractivity contribution in [3.8, 4) is 0 Å². The Balaban J connectivity index is 2.51. The van der Waals surface area contributed by atoms with Crippen molar-refractivity contribution in [1.29, 1.82) is 0 Å². The summed E-state index contributed by atoms with van der Waals surface area (Å²) in [5.41, 5.74) is 0. The summed E-state index contributed by atoms with van der Waals surface area (Å²) in [6.45, 7) is 4.04. The minimum absolute atomic E-state index is 0.812. The number of nitrogens with one attached hydrogen (secondary N) is 2. The molecule has 0 bridgehead atoms. The Kier molecular flexibility index (Phi) is 3.70. The molecule has 0 amide bonds. The standard InChI is InChI=1S/C8H17N5/c1-4-10-6-5-7-11-12-8(9-2)13(7)3/h10H,4-6H2,1-3H3,(H,9,12). The van der Waals surface area contributed by atoms with Crippen LogP contribution in [0.4, 0.5) is 5.95 Å². The third kappa shape index (κ3) is 2.42. The molecule has 5 nitrogen and oxygen atoms in total. The summed E-state index contributed by atoms with van der Waals surface area (Å²) in [5.74, 6) is 1.82. The maximum Gasteiger partial charge on any atom is 0.224 e. The number of aromatic nitrogens is 3. The maximum atomic E-state index is 4.07. The van der Waals surface area contributed by atoms with Crippen LogP contribution >= 0.6 is 0 Å². The largest absolute Gasteiger partial charge is 0.357 e. The van der Waals surface area contributed by atoms with Crippen LogP contribution in [0, 0.1) is 0 Å². The van der Waals surface area contributed by atoms with Gasteiger partial charge in [0.25, 0.3) is 0 Å². The van der Waals surface area contributed by atoms with Crippen molar-refractivity contribution in [2.45, 2.75) is 13.3 Å². The molecule has 0 spiro atoms. The highest BCUT2D eigenvalue weighted by Crippen LogP contribution is 2.03. The molecule has 0 atom stereocenters. The zero-order valence-corrected chi connectivity index (χ0v) is 8.46. The van der Waals surface area contributed by atoms with Crippen molar-refractivity contribution in [1.82, 2.24) is 20.1 Å². The van der Waals surface area contributed by atoms with Crippen molar-refractivity contribution < 1.29 is 0 Å². The molecule has 1 rings (SSSR count). The van der Waals surface area contributed by atoms with E-state index in [0.717, 1.165) is 31.3 Å². The molecule has 1 aromatic rings. The molecule has 1 aromatic heterocycles. The molecular weight excluding hydrogens is 166 g/mol. The molecule has 74 valence electrons. The van der Waals surface area contributed by atoms with E-state index in [0.29, 0.717) is 0 Å². The molecule has 0 saturated carbocycles. The topological polar surface area (TPSA) is 54.8 Å². The van der Waals surface area contributed by atoms with Gasteiger partial charge in [0.1, 0.15) is 5.82 Å². The lowest BCUT2D eigenvalue weighted by atomic mass is 10.4. The molecule has 0 aromatic carbocycles. The SMILES string of the molecule is CCNCCc1nnc(NC)n1C. The van der Waals surface area contributed by atoms with Crippen LogP contribution in [0.15, 0.2) is 0 Å². The minimum atomic E-state index is 0.812. The first-order chi connectivity index (χ1) is 6.29. The molecule has 0 radical (unpaired) electrons. The summed E-state index contributed by atoms with van der Waals surface area (Å²) in [6, 6.07) is 0. The zero-order valence-electron chi connectivity index (χ0n) is 8.46. The Morgan fingerprint density at radius 2 is 2.15 bits per heavy atom. The number of likely N-dealkylation sites (N-methyl/N-ethyl adjacent to an activating group) is 1. The summed E-state index contributed by atoms with van der Waals surface area (Å²) in [4.78, 5) is 0. The zero-order chi connectivity index (χ0) is 9.68. The number of hydrogen-bond donors (Lipinski definition) is 2. The van der Waals surface area contributed by atoms with Crippen LogP contribution in [0.2, 0.25) is 0 Å². The van der Waals surface area contributed by atoms with E-state index in [-0.39, 0.29) is 0 Å². The van der Waals surface area contributed by atoms with Crippen molar-refractivity contribution in [3.63, 3.8) is 0 Å². The molecule has 0 aliphatic rings. The van der Waals surface area contributed by atoms with Gasteiger partial charge in [0, 0.05) is 27.1 Å². The fraction of sp³-hybridized carbons (Fsp3) is 0.750. The smallest absolute Gasteiger partial charge is 0.224 e. The van der Waals surface area contributed by atoms with E-state index in [1.165, 1.54) is 0 Å². The summed E-state index contributed by atoms with van der Waals surface area (Å²) >= 11 is 0. The molecule has 13 heavy (non-hydrogen) atoms. The van der Waals surface area contributed by atoms with Crippen LogP contribution in [-0.2, 0) is 13.5 Å². The van der Waals surface area contributed by atoms with Gasteiger partial charge in [-0.2, -0.15) is 0 Å². The van der Waals surface area contributed by atoms with Crippen molar-refractivity contribution in [3.05, 3.63) is 5.82 Å². The van der Waals surface area contributed by atoms with Crippen LogP contribution in [-0.4, -0.2) is 34.9 Å². The monoisotopic (exact) mass is 183 g/mol. The number of anilines is 1. The second-order valence-corrected chi connectivity index (χ2v) is 2.85. The average Bonchev–Trinajstić information content (AvgIpc) is 2.48. The molecule has 2 N–H and O–H groups in total. The normalized spacial score (nSPS) is 10.4. The molecule has 5 heteroatoms. The van der Waals surface area contributed by atoms with Gasteiger partial charge in [0.05, 0.1) is 0 Å². The van der Waals surface area contributed by atoms with Gasteiger partial charge in [0.2, 0.25) is 5.95 Å². The van der Waals surface area contributed by atoms with Crippen LogP contribution < -0.4 is 10.6 Å². The summed E-state index contributed by atoms with van der Waals surface area (Å²) in [7, 11) is 3.81. The Labute approximate surface area is 78.5 Å². The first-order valence-electron chi connectivity index (χ1n) is 4.56. The van der Waals surface area contributed by atoms with E-state index in [1.807, 2.05) is 18.7 Å². The Morgan fingerprint density at radius 3 is 2.69 bits per heavy atom. The lowest BCUT2D eigenvalue weighted by molar-refractivity contribution is 0.675. The molecule has 0 aliphatic carbocycles. The van der Waals surface area contributed by atoms with E-state index in [2.05, 4.69) is 27.8 Å². The third-order valence-electron chi connectivity index (χ3n) is 1.96. The van der Waals surface area contributed by atoms with E-state index in [1.54, 1.807) is 0 Å². The van der Waals surface area contributed by atoms with Gasteiger partial charge in [0.15, 0.2) is 0 Å². The van der Waals surface area contributed by atoms with Gasteiger partial charge in [-0.15, -0.1) is 10.2 Å². The fourth-order valence-electron chi connectivity index (χ4n) is 1.17. The molecule has 0 saturated heterocycles. The minimum Gasteiger partial charge on any atom is -0.357 e.